The van der Waals surface area contributed by atoms with Crippen LogP contribution in [-0.2, 0) is 11.2 Å². The predicted octanol–water partition coefficient (Wildman–Crippen LogP) is 3.11. The number of aromatic nitrogens is 2. The fraction of sp³-hybridized carbons (Fsp3) is 0.750. The summed E-state index contributed by atoms with van der Waals surface area (Å²) in [6.07, 6.45) is 1.71. The normalized spacial score (nSPS) is 13.5. The summed E-state index contributed by atoms with van der Waals surface area (Å²) in [5.74, 6) is 0.0379. The molecule has 0 aliphatic carbocycles. The van der Waals surface area contributed by atoms with Gasteiger partial charge in [-0.05, 0) is 11.8 Å². The molecule has 0 spiro atoms. The van der Waals surface area contributed by atoms with E-state index < -0.39 is 0 Å². The molecule has 1 heterocycles. The van der Waals surface area contributed by atoms with Crippen LogP contribution in [0.3, 0.4) is 0 Å². The third-order valence-corrected chi connectivity index (χ3v) is 3.28. The lowest BCUT2D eigenvalue weighted by atomic mass is 9.93. The molecule has 0 saturated heterocycles. The summed E-state index contributed by atoms with van der Waals surface area (Å²) >= 11 is 1.46. The Hall–Kier alpha value is -0.970. The van der Waals surface area contributed by atoms with Crippen LogP contribution in [0.25, 0.3) is 0 Å². The number of amides is 1. The Morgan fingerprint density at radius 1 is 1.41 bits per heavy atom. The smallest absolute Gasteiger partial charge is 0.229 e. The van der Waals surface area contributed by atoms with Crippen LogP contribution in [0.1, 0.15) is 46.0 Å². The van der Waals surface area contributed by atoms with Gasteiger partial charge in [-0.3, -0.25) is 4.79 Å². The van der Waals surface area contributed by atoms with E-state index >= 15 is 0 Å². The molecule has 17 heavy (non-hydrogen) atoms. The SMILES string of the molecule is CC[C@H](C)C(=O)Nc1nnc(CC(C)(C)C)s1. The van der Waals surface area contributed by atoms with Crippen molar-refractivity contribution in [2.24, 2.45) is 11.3 Å². The van der Waals surface area contributed by atoms with Crippen molar-refractivity contribution in [3.8, 4) is 0 Å². The average molecular weight is 255 g/mol. The molecule has 5 heteroatoms. The monoisotopic (exact) mass is 255 g/mol. The summed E-state index contributed by atoms with van der Waals surface area (Å²) < 4.78 is 0. The highest BCUT2D eigenvalue weighted by Crippen LogP contribution is 2.25. The van der Waals surface area contributed by atoms with E-state index in [0.29, 0.717) is 5.13 Å². The molecule has 96 valence electrons. The number of nitrogens with zero attached hydrogens (tertiary/aromatic N) is 2. The Bertz CT molecular complexity index is 381. The zero-order valence-electron chi connectivity index (χ0n) is 11.2. The molecule has 1 atom stereocenters. The average Bonchev–Trinajstić information content (AvgIpc) is 2.61. The summed E-state index contributed by atoms with van der Waals surface area (Å²) in [5.41, 5.74) is 0.192. The Kier molecular flexibility index (Phi) is 4.62. The third kappa shape index (κ3) is 4.81. The van der Waals surface area contributed by atoms with Crippen molar-refractivity contribution in [3.63, 3.8) is 0 Å². The molecule has 1 rings (SSSR count). The first-order valence-electron chi connectivity index (χ1n) is 5.95. The largest absolute Gasteiger partial charge is 0.300 e. The van der Waals surface area contributed by atoms with E-state index in [1.807, 2.05) is 13.8 Å². The molecule has 0 fully saturated rings. The van der Waals surface area contributed by atoms with Crippen molar-refractivity contribution in [2.45, 2.75) is 47.5 Å². The van der Waals surface area contributed by atoms with Gasteiger partial charge < -0.3 is 5.32 Å². The molecular formula is C12H21N3OS. The van der Waals surface area contributed by atoms with Crippen LogP contribution in [0.2, 0.25) is 0 Å². The molecule has 0 aliphatic rings. The van der Waals surface area contributed by atoms with Crippen LogP contribution in [0.4, 0.5) is 5.13 Å². The second-order valence-corrected chi connectivity index (χ2v) is 6.60. The number of nitrogens with one attached hydrogen (secondary N) is 1. The molecular weight excluding hydrogens is 234 g/mol. The van der Waals surface area contributed by atoms with Crippen LogP contribution < -0.4 is 5.32 Å². The van der Waals surface area contributed by atoms with Crippen LogP contribution in [0.5, 0.6) is 0 Å². The van der Waals surface area contributed by atoms with Gasteiger partial charge in [0.2, 0.25) is 11.0 Å². The molecule has 0 unspecified atom stereocenters. The standard InChI is InChI=1S/C12H21N3OS/c1-6-8(2)10(16)13-11-15-14-9(17-11)7-12(3,4)5/h8H,6-7H2,1-5H3,(H,13,15,16)/t8-/m0/s1. The highest BCUT2D eigenvalue weighted by atomic mass is 32.1. The first kappa shape index (κ1) is 14.1. The van der Waals surface area contributed by atoms with E-state index in [0.717, 1.165) is 17.8 Å². The summed E-state index contributed by atoms with van der Waals surface area (Å²) in [7, 11) is 0. The number of carbonyl (C=O) groups is 1. The Morgan fingerprint density at radius 3 is 2.59 bits per heavy atom. The third-order valence-electron chi connectivity index (χ3n) is 2.44. The van der Waals surface area contributed by atoms with Crippen LogP contribution >= 0.6 is 11.3 Å². The van der Waals surface area contributed by atoms with Gasteiger partial charge >= 0.3 is 0 Å². The quantitative estimate of drug-likeness (QED) is 0.899. The van der Waals surface area contributed by atoms with Crippen molar-refractivity contribution in [1.29, 1.82) is 0 Å². The van der Waals surface area contributed by atoms with Gasteiger partial charge in [-0.1, -0.05) is 46.0 Å². The lowest BCUT2D eigenvalue weighted by Crippen LogP contribution is -2.19. The molecule has 0 aromatic carbocycles. The van der Waals surface area contributed by atoms with Crippen molar-refractivity contribution in [3.05, 3.63) is 5.01 Å². The predicted molar refractivity (Wildman–Crippen MR) is 71.2 cm³/mol. The first-order chi connectivity index (χ1) is 7.81. The fourth-order valence-corrected chi connectivity index (χ4v) is 2.29. The van der Waals surface area contributed by atoms with Gasteiger partial charge in [0.1, 0.15) is 5.01 Å². The zero-order chi connectivity index (χ0) is 13.1. The second kappa shape index (κ2) is 5.58. The molecule has 1 amide bonds. The van der Waals surface area contributed by atoms with Crippen LogP contribution in [0, 0.1) is 11.3 Å². The van der Waals surface area contributed by atoms with E-state index in [1.54, 1.807) is 0 Å². The van der Waals surface area contributed by atoms with Crippen molar-refractivity contribution >= 4 is 22.4 Å². The summed E-state index contributed by atoms with van der Waals surface area (Å²) in [6.45, 7) is 10.4. The highest BCUT2D eigenvalue weighted by Gasteiger charge is 2.17. The minimum Gasteiger partial charge on any atom is -0.300 e. The molecule has 1 aromatic rings. The van der Waals surface area contributed by atoms with Gasteiger partial charge in [-0.25, -0.2) is 0 Å². The lowest BCUT2D eigenvalue weighted by molar-refractivity contribution is -0.119. The molecule has 0 saturated carbocycles. The summed E-state index contributed by atoms with van der Waals surface area (Å²) in [4.78, 5) is 11.7. The molecule has 0 radical (unpaired) electrons. The number of hydrogen-bond acceptors (Lipinski definition) is 4. The molecule has 1 aromatic heterocycles. The van der Waals surface area contributed by atoms with Gasteiger partial charge in [0.25, 0.3) is 0 Å². The fourth-order valence-electron chi connectivity index (χ4n) is 1.24. The van der Waals surface area contributed by atoms with Crippen molar-refractivity contribution in [2.75, 3.05) is 5.32 Å². The van der Waals surface area contributed by atoms with E-state index in [2.05, 4.69) is 36.3 Å². The molecule has 4 nitrogen and oxygen atoms in total. The first-order valence-corrected chi connectivity index (χ1v) is 6.76. The Labute approximate surface area is 107 Å². The maximum Gasteiger partial charge on any atom is 0.229 e. The number of carbonyl (C=O) groups excluding carboxylic acids is 1. The highest BCUT2D eigenvalue weighted by molar-refractivity contribution is 7.15. The molecule has 1 N–H and O–H groups in total. The number of anilines is 1. The number of rotatable bonds is 4. The topological polar surface area (TPSA) is 54.9 Å². The van der Waals surface area contributed by atoms with Gasteiger partial charge in [0.15, 0.2) is 0 Å². The van der Waals surface area contributed by atoms with E-state index in [4.69, 9.17) is 0 Å². The molecule has 0 bridgehead atoms. The van der Waals surface area contributed by atoms with Crippen molar-refractivity contribution in [1.82, 2.24) is 10.2 Å². The minimum absolute atomic E-state index is 0.0185. The van der Waals surface area contributed by atoms with E-state index in [-0.39, 0.29) is 17.2 Å². The number of hydrogen-bond donors (Lipinski definition) is 1. The van der Waals surface area contributed by atoms with E-state index in [9.17, 15) is 4.79 Å². The second-order valence-electron chi connectivity index (χ2n) is 5.54. The lowest BCUT2D eigenvalue weighted by Gasteiger charge is -2.14. The Balaban J connectivity index is 2.60. The maximum atomic E-state index is 11.7. The van der Waals surface area contributed by atoms with Crippen LogP contribution in [-0.4, -0.2) is 16.1 Å². The van der Waals surface area contributed by atoms with Gasteiger partial charge in [0, 0.05) is 12.3 Å². The molecule has 0 aliphatic heterocycles. The van der Waals surface area contributed by atoms with Crippen molar-refractivity contribution < 1.29 is 4.79 Å². The minimum atomic E-state index is 0.0185. The zero-order valence-corrected chi connectivity index (χ0v) is 12.0. The van der Waals surface area contributed by atoms with Gasteiger partial charge in [0.05, 0.1) is 0 Å². The van der Waals surface area contributed by atoms with Crippen LogP contribution in [0.15, 0.2) is 0 Å². The Morgan fingerprint density at radius 2 is 2.06 bits per heavy atom. The summed E-state index contributed by atoms with van der Waals surface area (Å²) in [5, 5.41) is 12.5. The summed E-state index contributed by atoms with van der Waals surface area (Å²) in [6, 6.07) is 0. The van der Waals surface area contributed by atoms with Gasteiger partial charge in [-0.2, -0.15) is 0 Å². The van der Waals surface area contributed by atoms with Gasteiger partial charge in [-0.15, -0.1) is 10.2 Å². The maximum absolute atomic E-state index is 11.7. The van der Waals surface area contributed by atoms with E-state index in [1.165, 1.54) is 11.3 Å².